The fourth-order valence-corrected chi connectivity index (χ4v) is 1.63. The SMILES string of the molecule is CCCCCCCC(C)C[C]=S. The first-order chi connectivity index (χ1) is 5.81. The van der Waals surface area contributed by atoms with Crippen molar-refractivity contribution in [3.63, 3.8) is 0 Å². The first-order valence-electron chi connectivity index (χ1n) is 5.16. The molecule has 0 saturated carbocycles. The highest BCUT2D eigenvalue weighted by molar-refractivity contribution is 7.78. The molecule has 0 rings (SSSR count). The van der Waals surface area contributed by atoms with E-state index >= 15 is 0 Å². The standard InChI is InChI=1S/C11H21S/c1-3-4-5-6-7-8-11(2)9-10-12/h11H,3-9H2,1-2H3. The van der Waals surface area contributed by atoms with E-state index in [0.717, 1.165) is 12.3 Å². The Hall–Kier alpha value is 0.0900. The molecule has 0 aliphatic heterocycles. The lowest BCUT2D eigenvalue weighted by molar-refractivity contribution is 0.502. The van der Waals surface area contributed by atoms with Crippen molar-refractivity contribution in [1.29, 1.82) is 0 Å². The minimum absolute atomic E-state index is 0.754. The molecule has 0 saturated heterocycles. The van der Waals surface area contributed by atoms with Crippen LogP contribution in [0.3, 0.4) is 0 Å². The van der Waals surface area contributed by atoms with E-state index in [1.807, 2.05) is 0 Å². The first-order valence-corrected chi connectivity index (χ1v) is 5.57. The third-order valence-electron chi connectivity index (χ3n) is 2.23. The second-order valence-corrected chi connectivity index (χ2v) is 3.95. The van der Waals surface area contributed by atoms with Crippen molar-refractivity contribution < 1.29 is 0 Å². The molecule has 1 unspecified atom stereocenters. The molecule has 0 nitrogen and oxygen atoms in total. The predicted molar refractivity (Wildman–Crippen MR) is 59.8 cm³/mol. The fraction of sp³-hybridized carbons (Fsp3) is 0.909. The zero-order valence-corrected chi connectivity index (χ0v) is 9.25. The van der Waals surface area contributed by atoms with Crippen LogP contribution in [0.2, 0.25) is 0 Å². The van der Waals surface area contributed by atoms with Crippen molar-refractivity contribution in [3.05, 3.63) is 0 Å². The number of hydrogen-bond acceptors (Lipinski definition) is 1. The maximum Gasteiger partial charge on any atom is 0.0294 e. The highest BCUT2D eigenvalue weighted by Crippen LogP contribution is 2.13. The maximum atomic E-state index is 4.70. The summed E-state index contributed by atoms with van der Waals surface area (Å²) < 4.78 is 0. The van der Waals surface area contributed by atoms with Gasteiger partial charge in [0.05, 0.1) is 0 Å². The van der Waals surface area contributed by atoms with Gasteiger partial charge in [0.1, 0.15) is 0 Å². The molecule has 0 spiro atoms. The lowest BCUT2D eigenvalue weighted by Crippen LogP contribution is -1.94. The van der Waals surface area contributed by atoms with Crippen LogP contribution < -0.4 is 0 Å². The van der Waals surface area contributed by atoms with Crippen molar-refractivity contribution >= 4 is 17.6 Å². The summed E-state index contributed by atoms with van der Waals surface area (Å²) in [5, 5.41) is 2.80. The Kier molecular flexibility index (Phi) is 9.25. The van der Waals surface area contributed by atoms with E-state index in [9.17, 15) is 0 Å². The third kappa shape index (κ3) is 8.19. The first kappa shape index (κ1) is 12.1. The molecule has 0 aromatic rings. The number of unbranched alkanes of at least 4 members (excludes halogenated alkanes) is 4. The number of rotatable bonds is 8. The van der Waals surface area contributed by atoms with Crippen LogP contribution in [-0.2, 0) is 0 Å². The molecule has 1 radical (unpaired) electrons. The molecular weight excluding hydrogens is 164 g/mol. The minimum Gasteiger partial charge on any atom is -0.0837 e. The van der Waals surface area contributed by atoms with Gasteiger partial charge in [0.2, 0.25) is 0 Å². The smallest absolute Gasteiger partial charge is 0.0294 e. The zero-order valence-electron chi connectivity index (χ0n) is 8.44. The van der Waals surface area contributed by atoms with Gasteiger partial charge in [-0.25, -0.2) is 0 Å². The van der Waals surface area contributed by atoms with Gasteiger partial charge in [0.15, 0.2) is 0 Å². The lowest BCUT2D eigenvalue weighted by atomic mass is 10.0. The average molecular weight is 185 g/mol. The largest absolute Gasteiger partial charge is 0.0837 e. The molecule has 12 heavy (non-hydrogen) atoms. The quantitative estimate of drug-likeness (QED) is 0.402. The van der Waals surface area contributed by atoms with Crippen LogP contribution in [0.25, 0.3) is 0 Å². The predicted octanol–water partition coefficient (Wildman–Crippen LogP) is 4.25. The van der Waals surface area contributed by atoms with Crippen molar-refractivity contribution in [2.45, 2.75) is 58.8 Å². The summed E-state index contributed by atoms with van der Waals surface area (Å²) in [6.45, 7) is 4.52. The van der Waals surface area contributed by atoms with E-state index in [2.05, 4.69) is 19.2 Å². The summed E-state index contributed by atoms with van der Waals surface area (Å²) in [7, 11) is 0. The molecule has 0 N–H and O–H groups in total. The fourth-order valence-electron chi connectivity index (χ4n) is 1.34. The Labute approximate surface area is 82.7 Å². The van der Waals surface area contributed by atoms with Gasteiger partial charge in [0, 0.05) is 5.37 Å². The van der Waals surface area contributed by atoms with Crippen LogP contribution in [0.1, 0.15) is 58.8 Å². The van der Waals surface area contributed by atoms with Gasteiger partial charge in [-0.3, -0.25) is 0 Å². The molecule has 0 amide bonds. The molecule has 0 aromatic heterocycles. The van der Waals surface area contributed by atoms with E-state index in [4.69, 9.17) is 12.2 Å². The monoisotopic (exact) mass is 185 g/mol. The van der Waals surface area contributed by atoms with Gasteiger partial charge < -0.3 is 0 Å². The zero-order chi connectivity index (χ0) is 9.23. The van der Waals surface area contributed by atoms with Crippen LogP contribution in [-0.4, -0.2) is 5.37 Å². The Morgan fingerprint density at radius 1 is 1.17 bits per heavy atom. The van der Waals surface area contributed by atoms with Gasteiger partial charge in [-0.2, -0.15) is 0 Å². The molecule has 1 atom stereocenters. The summed E-state index contributed by atoms with van der Waals surface area (Å²) in [5.74, 6) is 0.754. The molecule has 1 heteroatoms. The molecule has 71 valence electrons. The Bertz CT molecular complexity index is 99.2. The van der Waals surface area contributed by atoms with Gasteiger partial charge in [-0.15, -0.1) is 0 Å². The molecule has 0 aromatic carbocycles. The van der Waals surface area contributed by atoms with Crippen LogP contribution in [0.15, 0.2) is 0 Å². The number of hydrogen-bond donors (Lipinski definition) is 0. The van der Waals surface area contributed by atoms with E-state index in [-0.39, 0.29) is 0 Å². The van der Waals surface area contributed by atoms with Crippen molar-refractivity contribution in [2.24, 2.45) is 5.92 Å². The minimum atomic E-state index is 0.754. The molecule has 0 aliphatic carbocycles. The van der Waals surface area contributed by atoms with Gasteiger partial charge in [-0.05, 0) is 12.3 Å². The lowest BCUT2D eigenvalue weighted by Gasteiger charge is -2.06. The van der Waals surface area contributed by atoms with Crippen LogP contribution >= 0.6 is 12.2 Å². The molecule has 0 heterocycles. The Balaban J connectivity index is 3.02. The summed E-state index contributed by atoms with van der Waals surface area (Å²) in [5.41, 5.74) is 0. The van der Waals surface area contributed by atoms with Crippen LogP contribution in [0, 0.1) is 5.92 Å². The molecular formula is C11H21S. The summed E-state index contributed by atoms with van der Waals surface area (Å²) in [6, 6.07) is 0. The molecule has 0 fully saturated rings. The van der Waals surface area contributed by atoms with E-state index in [1.54, 1.807) is 0 Å². The normalized spacial score (nSPS) is 12.8. The summed E-state index contributed by atoms with van der Waals surface area (Å²) in [4.78, 5) is 0. The summed E-state index contributed by atoms with van der Waals surface area (Å²) in [6.07, 6.45) is 9.23. The second-order valence-electron chi connectivity index (χ2n) is 3.66. The number of thiocarbonyl (C=S) groups is 1. The van der Waals surface area contributed by atoms with Gasteiger partial charge >= 0.3 is 0 Å². The van der Waals surface area contributed by atoms with Crippen molar-refractivity contribution in [1.82, 2.24) is 0 Å². The second kappa shape index (κ2) is 9.18. The van der Waals surface area contributed by atoms with Gasteiger partial charge in [-0.1, -0.05) is 64.6 Å². The van der Waals surface area contributed by atoms with E-state index in [1.165, 1.54) is 38.5 Å². The van der Waals surface area contributed by atoms with Gasteiger partial charge in [0.25, 0.3) is 0 Å². The van der Waals surface area contributed by atoms with Crippen LogP contribution in [0.5, 0.6) is 0 Å². The molecule has 0 bridgehead atoms. The summed E-state index contributed by atoms with van der Waals surface area (Å²) >= 11 is 4.70. The molecule has 0 aliphatic rings. The highest BCUT2D eigenvalue weighted by atomic mass is 32.1. The van der Waals surface area contributed by atoms with Crippen molar-refractivity contribution in [3.8, 4) is 0 Å². The van der Waals surface area contributed by atoms with E-state index < -0.39 is 0 Å². The van der Waals surface area contributed by atoms with E-state index in [0.29, 0.717) is 0 Å². The average Bonchev–Trinajstić information content (AvgIpc) is 2.05. The van der Waals surface area contributed by atoms with Crippen molar-refractivity contribution in [2.75, 3.05) is 0 Å². The van der Waals surface area contributed by atoms with Crippen LogP contribution in [0.4, 0.5) is 0 Å². The Morgan fingerprint density at radius 2 is 1.83 bits per heavy atom. The highest BCUT2D eigenvalue weighted by Gasteiger charge is 1.98. The maximum absolute atomic E-state index is 4.70. The third-order valence-corrected chi connectivity index (χ3v) is 2.40. The topological polar surface area (TPSA) is 0 Å². The Morgan fingerprint density at radius 3 is 2.42 bits per heavy atom.